The minimum Gasteiger partial charge on any atom is -0.390 e. The van der Waals surface area contributed by atoms with E-state index in [1.165, 1.54) is 10.4 Å². The zero-order chi connectivity index (χ0) is 12.7. The van der Waals surface area contributed by atoms with Crippen molar-refractivity contribution >= 4 is 16.3 Å². The van der Waals surface area contributed by atoms with Crippen LogP contribution in [0, 0.1) is 20.8 Å². The Balaban J connectivity index is 2.69. The van der Waals surface area contributed by atoms with Gasteiger partial charge in [-0.05, 0) is 40.2 Å². The van der Waals surface area contributed by atoms with E-state index in [1.54, 1.807) is 11.3 Å². The average molecular weight is 250 g/mol. The van der Waals surface area contributed by atoms with Crippen LogP contribution in [0.5, 0.6) is 0 Å². The molecule has 2 N–H and O–H groups in total. The molecule has 0 bridgehead atoms. The molecule has 0 fully saturated rings. The molecular weight excluding hydrogens is 232 g/mol. The molecule has 0 radical (unpaired) electrons. The van der Waals surface area contributed by atoms with Gasteiger partial charge in [0.05, 0.1) is 10.6 Å². The molecule has 0 atom stereocenters. The van der Waals surface area contributed by atoms with Gasteiger partial charge in [0, 0.05) is 10.9 Å². The van der Waals surface area contributed by atoms with Crippen molar-refractivity contribution in [1.82, 2.24) is 14.8 Å². The van der Waals surface area contributed by atoms with Crippen LogP contribution in [-0.4, -0.2) is 14.8 Å². The fourth-order valence-electron chi connectivity index (χ4n) is 2.09. The van der Waals surface area contributed by atoms with Gasteiger partial charge in [0.25, 0.3) is 0 Å². The van der Waals surface area contributed by atoms with Crippen LogP contribution in [0.1, 0.15) is 36.2 Å². The molecule has 92 valence electrons. The van der Waals surface area contributed by atoms with Crippen molar-refractivity contribution < 1.29 is 0 Å². The smallest absolute Gasteiger partial charge is 0.167 e. The summed E-state index contributed by atoms with van der Waals surface area (Å²) in [6.45, 7) is 10.4. The number of nitrogen functional groups attached to an aromatic ring is 1. The van der Waals surface area contributed by atoms with Crippen molar-refractivity contribution in [2.45, 2.75) is 40.7 Å². The number of hydrogen-bond acceptors (Lipinski definition) is 4. The van der Waals surface area contributed by atoms with E-state index in [9.17, 15) is 0 Å². The molecule has 0 saturated carbocycles. The summed E-state index contributed by atoms with van der Waals surface area (Å²) in [4.78, 5) is 1.24. The van der Waals surface area contributed by atoms with Gasteiger partial charge in [-0.1, -0.05) is 0 Å². The van der Waals surface area contributed by atoms with Gasteiger partial charge in [-0.25, -0.2) is 0 Å². The Kier molecular flexibility index (Phi) is 2.95. The van der Waals surface area contributed by atoms with Crippen molar-refractivity contribution in [1.29, 1.82) is 0 Å². The maximum atomic E-state index is 6.09. The van der Waals surface area contributed by atoms with E-state index in [0.717, 1.165) is 22.2 Å². The van der Waals surface area contributed by atoms with Gasteiger partial charge >= 0.3 is 0 Å². The second-order valence-electron chi connectivity index (χ2n) is 4.56. The van der Waals surface area contributed by atoms with Gasteiger partial charge in [0.1, 0.15) is 5.82 Å². The molecule has 5 heteroatoms. The molecule has 0 aliphatic heterocycles. The van der Waals surface area contributed by atoms with Crippen LogP contribution in [-0.2, 0) is 0 Å². The summed E-state index contributed by atoms with van der Waals surface area (Å²) in [7, 11) is 0. The third-order valence-corrected chi connectivity index (χ3v) is 4.06. The highest BCUT2D eigenvalue weighted by atomic mass is 32.1. The van der Waals surface area contributed by atoms with E-state index < -0.39 is 0 Å². The first-order valence-electron chi connectivity index (χ1n) is 5.70. The highest BCUT2D eigenvalue weighted by Crippen LogP contribution is 2.38. The lowest BCUT2D eigenvalue weighted by Gasteiger charge is -2.12. The summed E-state index contributed by atoms with van der Waals surface area (Å²) in [6, 6.07) is 0.332. The number of thiophene rings is 1. The lowest BCUT2D eigenvalue weighted by Crippen LogP contribution is -2.06. The van der Waals surface area contributed by atoms with Gasteiger partial charge in [-0.2, -0.15) is 0 Å². The van der Waals surface area contributed by atoms with Crippen molar-refractivity contribution in [3.63, 3.8) is 0 Å². The lowest BCUT2D eigenvalue weighted by molar-refractivity contribution is 0.587. The van der Waals surface area contributed by atoms with Gasteiger partial charge < -0.3 is 10.3 Å². The molecule has 0 aliphatic carbocycles. The quantitative estimate of drug-likeness (QED) is 0.891. The number of aryl methyl sites for hydroxylation is 2. The van der Waals surface area contributed by atoms with Crippen LogP contribution in [0.3, 0.4) is 0 Å². The summed E-state index contributed by atoms with van der Waals surface area (Å²) < 4.78 is 2.13. The Hall–Kier alpha value is -1.36. The zero-order valence-electron chi connectivity index (χ0n) is 10.9. The number of nitrogens with zero attached hydrogens (tertiary/aromatic N) is 3. The molecule has 2 aromatic rings. The van der Waals surface area contributed by atoms with Gasteiger partial charge in [0.15, 0.2) is 5.82 Å². The van der Waals surface area contributed by atoms with Crippen molar-refractivity contribution in [3.8, 4) is 11.4 Å². The van der Waals surface area contributed by atoms with Crippen LogP contribution in [0.15, 0.2) is 0 Å². The summed E-state index contributed by atoms with van der Waals surface area (Å²) in [5.74, 6) is 1.81. The number of aromatic nitrogens is 3. The summed E-state index contributed by atoms with van der Waals surface area (Å²) >= 11 is 1.62. The van der Waals surface area contributed by atoms with Crippen LogP contribution in [0.2, 0.25) is 0 Å². The molecule has 0 amide bonds. The number of hydrogen-bond donors (Lipinski definition) is 1. The SMILES string of the molecule is Cc1sc(N)c(-c2nnc(C)n2C(C)C)c1C. The predicted octanol–water partition coefficient (Wildman–Crippen LogP) is 3.09. The first-order chi connectivity index (χ1) is 7.93. The fourth-order valence-corrected chi connectivity index (χ4v) is 3.02. The van der Waals surface area contributed by atoms with Gasteiger partial charge in [0.2, 0.25) is 0 Å². The third kappa shape index (κ3) is 1.84. The topological polar surface area (TPSA) is 56.7 Å². The average Bonchev–Trinajstić information content (AvgIpc) is 2.70. The molecule has 2 aromatic heterocycles. The van der Waals surface area contributed by atoms with Crippen LogP contribution in [0.25, 0.3) is 11.4 Å². The summed E-state index contributed by atoms with van der Waals surface area (Å²) in [5, 5.41) is 9.28. The Morgan fingerprint density at radius 2 is 1.82 bits per heavy atom. The monoisotopic (exact) mass is 250 g/mol. The van der Waals surface area contributed by atoms with Gasteiger partial charge in [-0.3, -0.25) is 0 Å². The van der Waals surface area contributed by atoms with Gasteiger partial charge in [-0.15, -0.1) is 21.5 Å². The molecule has 4 nitrogen and oxygen atoms in total. The standard InChI is InChI=1S/C12H18N4S/c1-6(2)16-9(5)14-15-12(16)10-7(3)8(4)17-11(10)13/h6H,13H2,1-5H3. The lowest BCUT2D eigenvalue weighted by atomic mass is 10.1. The first-order valence-corrected chi connectivity index (χ1v) is 6.52. The van der Waals surface area contributed by atoms with Crippen molar-refractivity contribution in [2.24, 2.45) is 0 Å². The van der Waals surface area contributed by atoms with E-state index in [1.807, 2.05) is 6.92 Å². The molecule has 0 aromatic carbocycles. The molecule has 2 heterocycles. The predicted molar refractivity (Wildman–Crippen MR) is 72.3 cm³/mol. The molecular formula is C12H18N4S. The maximum Gasteiger partial charge on any atom is 0.167 e. The van der Waals surface area contributed by atoms with E-state index >= 15 is 0 Å². The zero-order valence-corrected chi connectivity index (χ0v) is 11.7. The largest absolute Gasteiger partial charge is 0.390 e. The minimum atomic E-state index is 0.332. The van der Waals surface area contributed by atoms with E-state index in [4.69, 9.17) is 5.73 Å². The van der Waals surface area contributed by atoms with E-state index in [2.05, 4.69) is 42.5 Å². The summed E-state index contributed by atoms with van der Waals surface area (Å²) in [5.41, 5.74) is 8.34. The Bertz CT molecular complexity index is 551. The number of rotatable bonds is 2. The highest BCUT2D eigenvalue weighted by Gasteiger charge is 2.20. The Morgan fingerprint density at radius 3 is 2.29 bits per heavy atom. The van der Waals surface area contributed by atoms with Crippen LogP contribution < -0.4 is 5.73 Å². The second kappa shape index (κ2) is 4.14. The maximum absolute atomic E-state index is 6.09. The normalized spacial score (nSPS) is 11.4. The number of nitrogens with two attached hydrogens (primary N) is 1. The number of anilines is 1. The van der Waals surface area contributed by atoms with Crippen molar-refractivity contribution in [3.05, 3.63) is 16.3 Å². The second-order valence-corrected chi connectivity index (χ2v) is 5.81. The molecule has 2 rings (SSSR count). The Morgan fingerprint density at radius 1 is 1.18 bits per heavy atom. The third-order valence-electron chi connectivity index (χ3n) is 3.02. The molecule has 0 spiro atoms. The van der Waals surface area contributed by atoms with E-state index in [-0.39, 0.29) is 0 Å². The minimum absolute atomic E-state index is 0.332. The first kappa shape index (κ1) is 12.1. The highest BCUT2D eigenvalue weighted by molar-refractivity contribution is 7.16. The molecule has 0 unspecified atom stereocenters. The fraction of sp³-hybridized carbons (Fsp3) is 0.500. The van der Waals surface area contributed by atoms with Crippen LogP contribution in [0.4, 0.5) is 5.00 Å². The Labute approximate surface area is 105 Å². The summed E-state index contributed by atoms with van der Waals surface area (Å²) in [6.07, 6.45) is 0. The van der Waals surface area contributed by atoms with Crippen LogP contribution >= 0.6 is 11.3 Å². The molecule has 17 heavy (non-hydrogen) atoms. The molecule has 0 saturated heterocycles. The molecule has 0 aliphatic rings. The van der Waals surface area contributed by atoms with Crippen molar-refractivity contribution in [2.75, 3.05) is 5.73 Å². The van der Waals surface area contributed by atoms with E-state index in [0.29, 0.717) is 6.04 Å².